The van der Waals surface area contributed by atoms with Gasteiger partial charge in [0, 0.05) is 14.2 Å². The quantitative estimate of drug-likeness (QED) is 0.338. The SMILES string of the molecule is COC(C[N+](C)(C)CC1CO1)OC. The summed E-state index contributed by atoms with van der Waals surface area (Å²) in [6.07, 6.45) is 0.332. The number of nitrogens with zero attached hydrogens (tertiary/aromatic N) is 1. The predicted octanol–water partition coefficient (Wildman–Crippen LogP) is 0.0805. The average Bonchev–Trinajstić information content (AvgIpc) is 2.83. The van der Waals surface area contributed by atoms with E-state index in [1.807, 2.05) is 0 Å². The van der Waals surface area contributed by atoms with E-state index >= 15 is 0 Å². The van der Waals surface area contributed by atoms with Crippen LogP contribution in [0, 0.1) is 0 Å². The minimum absolute atomic E-state index is 0.117. The first-order chi connectivity index (χ1) is 6.07. The summed E-state index contributed by atoms with van der Waals surface area (Å²) < 4.78 is 16.4. The normalized spacial score (nSPS) is 22.4. The molecule has 0 aromatic heterocycles. The molecule has 13 heavy (non-hydrogen) atoms. The second-order valence-electron chi connectivity index (χ2n) is 4.16. The molecule has 0 aromatic carbocycles. The van der Waals surface area contributed by atoms with Crippen LogP contribution < -0.4 is 0 Å². The molecule has 4 heteroatoms. The van der Waals surface area contributed by atoms with Crippen molar-refractivity contribution in [3.8, 4) is 0 Å². The third kappa shape index (κ3) is 4.04. The van der Waals surface area contributed by atoms with Crippen molar-refractivity contribution in [3.63, 3.8) is 0 Å². The summed E-state index contributed by atoms with van der Waals surface area (Å²) in [5.41, 5.74) is 0. The average molecular weight is 190 g/mol. The number of epoxide rings is 1. The van der Waals surface area contributed by atoms with E-state index in [-0.39, 0.29) is 6.29 Å². The maximum atomic E-state index is 5.20. The first kappa shape index (κ1) is 10.9. The highest BCUT2D eigenvalue weighted by atomic mass is 16.7. The monoisotopic (exact) mass is 190 g/mol. The maximum Gasteiger partial charge on any atom is 0.207 e. The molecule has 1 unspecified atom stereocenters. The van der Waals surface area contributed by atoms with Gasteiger partial charge in [-0.2, -0.15) is 0 Å². The van der Waals surface area contributed by atoms with Gasteiger partial charge in [0.2, 0.25) is 6.29 Å². The minimum Gasteiger partial charge on any atom is -0.367 e. The lowest BCUT2D eigenvalue weighted by Gasteiger charge is -2.31. The summed E-state index contributed by atoms with van der Waals surface area (Å²) in [6, 6.07) is 0. The van der Waals surface area contributed by atoms with Gasteiger partial charge in [0.1, 0.15) is 19.2 Å². The van der Waals surface area contributed by atoms with Gasteiger partial charge in [0.15, 0.2) is 0 Å². The van der Waals surface area contributed by atoms with Gasteiger partial charge in [-0.3, -0.25) is 0 Å². The number of hydrogen-bond donors (Lipinski definition) is 0. The summed E-state index contributed by atoms with van der Waals surface area (Å²) in [5, 5.41) is 0. The first-order valence-corrected chi connectivity index (χ1v) is 4.56. The highest BCUT2D eigenvalue weighted by Crippen LogP contribution is 2.14. The molecule has 78 valence electrons. The summed E-state index contributed by atoms with van der Waals surface area (Å²) in [6.45, 7) is 2.79. The standard InChI is InChI=1S/C9H20NO3/c1-10(2,5-8-7-13-8)6-9(11-3)12-4/h8-9H,5-7H2,1-4H3/q+1. The van der Waals surface area contributed by atoms with Crippen LogP contribution in [0.1, 0.15) is 0 Å². The smallest absolute Gasteiger partial charge is 0.207 e. The lowest BCUT2D eigenvalue weighted by molar-refractivity contribution is -0.896. The molecule has 0 radical (unpaired) electrons. The molecule has 0 aliphatic carbocycles. The fraction of sp³-hybridized carbons (Fsp3) is 1.00. The summed E-state index contributed by atoms with van der Waals surface area (Å²) in [4.78, 5) is 0. The molecular formula is C9H20NO3+. The summed E-state index contributed by atoms with van der Waals surface area (Å²) >= 11 is 0. The highest BCUT2D eigenvalue weighted by Gasteiger charge is 2.33. The molecule has 0 N–H and O–H groups in total. The Morgan fingerprint density at radius 3 is 2.31 bits per heavy atom. The van der Waals surface area contributed by atoms with E-state index in [0.717, 1.165) is 24.2 Å². The molecule has 0 bridgehead atoms. The fourth-order valence-corrected chi connectivity index (χ4v) is 1.45. The molecule has 0 amide bonds. The van der Waals surface area contributed by atoms with Crippen molar-refractivity contribution in [2.75, 3.05) is 48.0 Å². The van der Waals surface area contributed by atoms with Crippen LogP contribution in [-0.2, 0) is 14.2 Å². The van der Waals surface area contributed by atoms with Gasteiger partial charge in [-0.05, 0) is 0 Å². The van der Waals surface area contributed by atoms with E-state index < -0.39 is 0 Å². The Labute approximate surface area is 80.0 Å². The lowest BCUT2D eigenvalue weighted by Crippen LogP contribution is -2.48. The summed E-state index contributed by atoms with van der Waals surface area (Å²) in [5.74, 6) is 0. The van der Waals surface area contributed by atoms with Crippen LogP contribution in [0.5, 0.6) is 0 Å². The van der Waals surface area contributed by atoms with E-state index in [2.05, 4.69) is 14.1 Å². The molecule has 1 atom stereocenters. The molecule has 1 rings (SSSR count). The Hall–Kier alpha value is -0.160. The zero-order chi connectivity index (χ0) is 9.90. The van der Waals surface area contributed by atoms with E-state index in [1.54, 1.807) is 14.2 Å². The van der Waals surface area contributed by atoms with Crippen LogP contribution in [0.15, 0.2) is 0 Å². The van der Waals surface area contributed by atoms with Crippen LogP contribution in [0.2, 0.25) is 0 Å². The van der Waals surface area contributed by atoms with Crippen molar-refractivity contribution in [1.29, 1.82) is 0 Å². The molecule has 1 saturated heterocycles. The minimum atomic E-state index is -0.117. The van der Waals surface area contributed by atoms with E-state index in [4.69, 9.17) is 14.2 Å². The molecule has 0 aromatic rings. The Morgan fingerprint density at radius 1 is 1.38 bits per heavy atom. The second-order valence-corrected chi connectivity index (χ2v) is 4.16. The zero-order valence-corrected chi connectivity index (χ0v) is 8.95. The number of rotatable bonds is 6. The number of likely N-dealkylation sites (N-methyl/N-ethyl adjacent to an activating group) is 1. The topological polar surface area (TPSA) is 31.0 Å². The van der Waals surface area contributed by atoms with Crippen LogP contribution >= 0.6 is 0 Å². The number of ether oxygens (including phenoxy) is 3. The van der Waals surface area contributed by atoms with Crippen molar-refractivity contribution >= 4 is 0 Å². The number of quaternary nitrogens is 1. The fourth-order valence-electron chi connectivity index (χ4n) is 1.45. The molecule has 1 heterocycles. The van der Waals surface area contributed by atoms with Crippen LogP contribution in [0.4, 0.5) is 0 Å². The Morgan fingerprint density at radius 2 is 1.92 bits per heavy atom. The summed E-state index contributed by atoms with van der Waals surface area (Å²) in [7, 11) is 7.66. The van der Waals surface area contributed by atoms with Crippen molar-refractivity contribution in [3.05, 3.63) is 0 Å². The molecule has 0 spiro atoms. The van der Waals surface area contributed by atoms with Crippen molar-refractivity contribution in [1.82, 2.24) is 0 Å². The van der Waals surface area contributed by atoms with Crippen molar-refractivity contribution < 1.29 is 18.7 Å². The molecule has 1 aliphatic heterocycles. The zero-order valence-electron chi connectivity index (χ0n) is 8.95. The Bertz CT molecular complexity index is 153. The van der Waals surface area contributed by atoms with Gasteiger partial charge >= 0.3 is 0 Å². The van der Waals surface area contributed by atoms with Gasteiger partial charge in [-0.1, -0.05) is 0 Å². The third-order valence-corrected chi connectivity index (χ3v) is 2.27. The largest absolute Gasteiger partial charge is 0.367 e. The van der Waals surface area contributed by atoms with E-state index in [9.17, 15) is 0 Å². The van der Waals surface area contributed by atoms with E-state index in [0.29, 0.717) is 6.10 Å². The highest BCUT2D eigenvalue weighted by molar-refractivity contribution is 4.67. The van der Waals surface area contributed by atoms with Crippen LogP contribution in [0.25, 0.3) is 0 Å². The van der Waals surface area contributed by atoms with Crippen LogP contribution in [-0.4, -0.2) is 64.9 Å². The Kier molecular flexibility index (Phi) is 3.67. The van der Waals surface area contributed by atoms with Gasteiger partial charge in [-0.15, -0.1) is 0 Å². The van der Waals surface area contributed by atoms with Gasteiger partial charge < -0.3 is 18.7 Å². The maximum absolute atomic E-state index is 5.20. The van der Waals surface area contributed by atoms with Gasteiger partial charge in [-0.25, -0.2) is 0 Å². The predicted molar refractivity (Wildman–Crippen MR) is 49.4 cm³/mol. The van der Waals surface area contributed by atoms with Crippen LogP contribution in [0.3, 0.4) is 0 Å². The lowest BCUT2D eigenvalue weighted by atomic mass is 10.3. The number of methoxy groups -OCH3 is 2. The molecule has 1 fully saturated rings. The molecule has 1 aliphatic rings. The number of hydrogen-bond acceptors (Lipinski definition) is 3. The molecule has 0 saturated carbocycles. The molecule has 4 nitrogen and oxygen atoms in total. The second kappa shape index (κ2) is 4.37. The third-order valence-electron chi connectivity index (χ3n) is 2.27. The van der Waals surface area contributed by atoms with Gasteiger partial charge in [0.25, 0.3) is 0 Å². The first-order valence-electron chi connectivity index (χ1n) is 4.56. The van der Waals surface area contributed by atoms with Crippen molar-refractivity contribution in [2.45, 2.75) is 12.4 Å². The van der Waals surface area contributed by atoms with Gasteiger partial charge in [0.05, 0.1) is 20.7 Å². The van der Waals surface area contributed by atoms with Crippen molar-refractivity contribution in [2.24, 2.45) is 0 Å². The Balaban J connectivity index is 2.29. The van der Waals surface area contributed by atoms with E-state index in [1.165, 1.54) is 0 Å². The molecular weight excluding hydrogens is 170 g/mol.